The number of hydrogen-bond acceptors (Lipinski definition) is 6. The van der Waals surface area contributed by atoms with Gasteiger partial charge >= 0.3 is 12.1 Å². The molecule has 0 bridgehead atoms. The molecule has 0 atom stereocenters. The maximum absolute atomic E-state index is 12.6. The highest BCUT2D eigenvalue weighted by Gasteiger charge is 2.19. The zero-order valence-corrected chi connectivity index (χ0v) is 17.7. The quantitative estimate of drug-likeness (QED) is 0.668. The van der Waals surface area contributed by atoms with Crippen molar-refractivity contribution in [3.8, 4) is 6.07 Å². The lowest BCUT2D eigenvalue weighted by molar-refractivity contribution is -0.147. The van der Waals surface area contributed by atoms with Gasteiger partial charge in [0.2, 0.25) is 0 Å². The monoisotopic (exact) mass is 403 g/mol. The zero-order valence-electron chi connectivity index (χ0n) is 17.7. The molecule has 1 rings (SSSR count). The van der Waals surface area contributed by atoms with Crippen LogP contribution in [0.4, 0.5) is 10.5 Å². The number of hydrogen-bond donors (Lipinski definition) is 1. The molecule has 158 valence electrons. The van der Waals surface area contributed by atoms with Gasteiger partial charge in [-0.3, -0.25) is 9.59 Å². The Kier molecular flexibility index (Phi) is 9.13. The number of nitrogens with one attached hydrogen (secondary N) is 1. The van der Waals surface area contributed by atoms with Gasteiger partial charge in [0, 0.05) is 18.8 Å². The van der Waals surface area contributed by atoms with Gasteiger partial charge in [-0.15, -0.1) is 0 Å². The Morgan fingerprint density at radius 2 is 1.76 bits per heavy atom. The average molecular weight is 403 g/mol. The Balaban J connectivity index is 2.57. The number of amides is 2. The van der Waals surface area contributed by atoms with Crippen molar-refractivity contribution >= 4 is 23.7 Å². The van der Waals surface area contributed by atoms with Crippen molar-refractivity contribution in [3.63, 3.8) is 0 Å². The predicted octanol–water partition coefficient (Wildman–Crippen LogP) is 3.01. The van der Waals surface area contributed by atoms with Gasteiger partial charge in [-0.05, 0) is 57.9 Å². The summed E-state index contributed by atoms with van der Waals surface area (Å²) in [5.74, 6) is -1.03. The number of carbonyl (C=O) groups excluding carboxylic acids is 3. The van der Waals surface area contributed by atoms with Gasteiger partial charge in [0.05, 0.1) is 18.9 Å². The van der Waals surface area contributed by atoms with E-state index in [2.05, 4.69) is 5.32 Å². The molecule has 0 aromatic heterocycles. The van der Waals surface area contributed by atoms with Crippen LogP contribution in [0.25, 0.3) is 0 Å². The molecule has 0 spiro atoms. The summed E-state index contributed by atoms with van der Waals surface area (Å²) in [7, 11) is 0. The lowest BCUT2D eigenvalue weighted by Gasteiger charge is -2.22. The molecule has 2 amide bonds. The minimum absolute atomic E-state index is 0.0388. The SMILES string of the molecule is Cc1cc(C)cc(N(CCC#N)C(=O)COC(=O)CCNC(=O)OC(C)(C)C)c1. The van der Waals surface area contributed by atoms with Gasteiger partial charge in [0.1, 0.15) is 5.60 Å². The molecular weight excluding hydrogens is 374 g/mol. The van der Waals surface area contributed by atoms with E-state index in [1.54, 1.807) is 20.8 Å². The maximum atomic E-state index is 12.6. The normalized spacial score (nSPS) is 10.6. The molecule has 0 unspecified atom stereocenters. The highest BCUT2D eigenvalue weighted by molar-refractivity contribution is 5.95. The third-order valence-electron chi connectivity index (χ3n) is 3.62. The highest BCUT2D eigenvalue weighted by Crippen LogP contribution is 2.19. The van der Waals surface area contributed by atoms with E-state index in [1.807, 2.05) is 38.1 Å². The number of ether oxygens (including phenoxy) is 2. The van der Waals surface area contributed by atoms with Crippen molar-refractivity contribution in [2.45, 2.75) is 53.1 Å². The summed E-state index contributed by atoms with van der Waals surface area (Å²) in [4.78, 5) is 37.4. The van der Waals surface area contributed by atoms with Crippen LogP contribution >= 0.6 is 0 Å². The summed E-state index contributed by atoms with van der Waals surface area (Å²) in [5, 5.41) is 11.3. The van der Waals surface area contributed by atoms with Crippen LogP contribution in [-0.4, -0.2) is 43.3 Å². The van der Waals surface area contributed by atoms with Crippen LogP contribution in [0.2, 0.25) is 0 Å². The van der Waals surface area contributed by atoms with Gasteiger partial charge in [0.25, 0.3) is 5.91 Å². The van der Waals surface area contributed by atoms with Crippen LogP contribution in [0.5, 0.6) is 0 Å². The second kappa shape index (κ2) is 11.1. The van der Waals surface area contributed by atoms with Crippen LogP contribution in [0.15, 0.2) is 18.2 Å². The topological polar surface area (TPSA) is 109 Å². The standard InChI is InChI=1S/C21H29N3O5/c1-15-11-16(2)13-17(12-15)24(10-6-8-22)18(25)14-28-19(26)7-9-23-20(27)29-21(3,4)5/h11-13H,6-7,9-10,14H2,1-5H3,(H,23,27). The lowest BCUT2D eigenvalue weighted by atomic mass is 10.1. The van der Waals surface area contributed by atoms with Crippen molar-refractivity contribution in [1.29, 1.82) is 5.26 Å². The van der Waals surface area contributed by atoms with Gasteiger partial charge in [-0.25, -0.2) is 4.79 Å². The van der Waals surface area contributed by atoms with Crippen molar-refractivity contribution < 1.29 is 23.9 Å². The molecule has 8 nitrogen and oxygen atoms in total. The molecule has 0 saturated carbocycles. The average Bonchev–Trinajstić information content (AvgIpc) is 2.58. The summed E-state index contributed by atoms with van der Waals surface area (Å²) >= 11 is 0. The van der Waals surface area contributed by atoms with E-state index >= 15 is 0 Å². The molecule has 29 heavy (non-hydrogen) atoms. The Hall–Kier alpha value is -3.08. The first-order chi connectivity index (χ1) is 13.5. The lowest BCUT2D eigenvalue weighted by Crippen LogP contribution is -2.36. The van der Waals surface area contributed by atoms with Gasteiger partial charge in [-0.1, -0.05) is 6.07 Å². The molecule has 0 heterocycles. The van der Waals surface area contributed by atoms with Crippen LogP contribution in [-0.2, 0) is 19.1 Å². The van der Waals surface area contributed by atoms with Crippen LogP contribution in [0, 0.1) is 25.2 Å². The molecule has 8 heteroatoms. The second-order valence-electron chi connectivity index (χ2n) is 7.64. The van der Waals surface area contributed by atoms with Crippen LogP contribution in [0.1, 0.15) is 44.7 Å². The number of carbonyl (C=O) groups is 3. The fraction of sp³-hybridized carbons (Fsp3) is 0.524. The first kappa shape index (κ1) is 24.0. The minimum Gasteiger partial charge on any atom is -0.455 e. The van der Waals surface area contributed by atoms with E-state index in [0.717, 1.165) is 11.1 Å². The molecule has 0 aliphatic rings. The third kappa shape index (κ3) is 9.60. The third-order valence-corrected chi connectivity index (χ3v) is 3.62. The largest absolute Gasteiger partial charge is 0.455 e. The molecule has 1 N–H and O–H groups in total. The van der Waals surface area contributed by atoms with Crippen molar-refractivity contribution in [2.24, 2.45) is 0 Å². The number of anilines is 1. The molecular formula is C21H29N3O5. The Bertz CT molecular complexity index is 757. The van der Waals surface area contributed by atoms with E-state index in [0.29, 0.717) is 5.69 Å². The number of esters is 1. The number of nitriles is 1. The first-order valence-electron chi connectivity index (χ1n) is 9.40. The zero-order chi connectivity index (χ0) is 22.0. The number of rotatable bonds is 8. The highest BCUT2D eigenvalue weighted by atomic mass is 16.6. The van der Waals surface area contributed by atoms with E-state index in [1.165, 1.54) is 4.90 Å². The molecule has 1 aromatic carbocycles. The minimum atomic E-state index is -0.627. The number of alkyl carbamates (subject to hydrolysis) is 1. The Labute approximate surface area is 171 Å². The summed E-state index contributed by atoms with van der Waals surface area (Å²) in [6, 6.07) is 7.68. The smallest absolute Gasteiger partial charge is 0.407 e. The van der Waals surface area contributed by atoms with Crippen molar-refractivity contribution in [3.05, 3.63) is 29.3 Å². The fourth-order valence-electron chi connectivity index (χ4n) is 2.54. The van der Waals surface area contributed by atoms with Crippen molar-refractivity contribution in [2.75, 3.05) is 24.6 Å². The van der Waals surface area contributed by atoms with Gasteiger partial charge in [-0.2, -0.15) is 5.26 Å². The van der Waals surface area contributed by atoms with E-state index < -0.39 is 30.2 Å². The van der Waals surface area contributed by atoms with E-state index in [-0.39, 0.29) is 25.9 Å². The summed E-state index contributed by atoms with van der Waals surface area (Å²) in [5.41, 5.74) is 2.00. The number of nitrogens with zero attached hydrogens (tertiary/aromatic N) is 2. The summed E-state index contributed by atoms with van der Waals surface area (Å²) < 4.78 is 10.1. The summed E-state index contributed by atoms with van der Waals surface area (Å²) in [6.45, 7) is 8.85. The van der Waals surface area contributed by atoms with Crippen molar-refractivity contribution in [1.82, 2.24) is 5.32 Å². The molecule has 0 radical (unpaired) electrons. The Morgan fingerprint density at radius 3 is 2.31 bits per heavy atom. The van der Waals surface area contributed by atoms with Gasteiger partial charge < -0.3 is 19.7 Å². The first-order valence-corrected chi connectivity index (χ1v) is 9.40. The van der Waals surface area contributed by atoms with Crippen LogP contribution in [0.3, 0.4) is 0 Å². The van der Waals surface area contributed by atoms with E-state index in [9.17, 15) is 14.4 Å². The predicted molar refractivity (Wildman–Crippen MR) is 108 cm³/mol. The maximum Gasteiger partial charge on any atom is 0.407 e. The molecule has 1 aromatic rings. The Morgan fingerprint density at radius 1 is 1.14 bits per heavy atom. The molecule has 0 aliphatic heterocycles. The number of benzene rings is 1. The molecule has 0 fully saturated rings. The van der Waals surface area contributed by atoms with E-state index in [4.69, 9.17) is 14.7 Å². The van der Waals surface area contributed by atoms with Gasteiger partial charge in [0.15, 0.2) is 6.61 Å². The summed E-state index contributed by atoms with van der Waals surface area (Å²) in [6.07, 6.45) is -0.556. The second-order valence-corrected chi connectivity index (χ2v) is 7.64. The molecule has 0 aliphatic carbocycles. The number of aryl methyl sites for hydroxylation is 2. The van der Waals surface area contributed by atoms with Crippen LogP contribution < -0.4 is 10.2 Å². The fourth-order valence-corrected chi connectivity index (χ4v) is 2.54. The molecule has 0 saturated heterocycles.